The van der Waals surface area contributed by atoms with Crippen molar-refractivity contribution in [3.05, 3.63) is 59.9 Å². The minimum absolute atomic E-state index is 0.125. The maximum atomic E-state index is 13.5. The van der Waals surface area contributed by atoms with Crippen LogP contribution in [0.15, 0.2) is 48.5 Å². The lowest BCUT2D eigenvalue weighted by Crippen LogP contribution is -2.34. The maximum absolute atomic E-state index is 13.5. The van der Waals surface area contributed by atoms with E-state index in [0.717, 1.165) is 0 Å². The highest BCUT2D eigenvalue weighted by atomic mass is 19.1. The van der Waals surface area contributed by atoms with Gasteiger partial charge in [-0.2, -0.15) is 0 Å². The number of nitrogens with two attached hydrogens (primary N) is 1. The molecule has 5 heteroatoms. The molecule has 3 N–H and O–H groups in total. The summed E-state index contributed by atoms with van der Waals surface area (Å²) in [6.07, 6.45) is 0. The summed E-state index contributed by atoms with van der Waals surface area (Å²) in [5, 5.41) is 2.80. The predicted octanol–water partition coefficient (Wildman–Crippen LogP) is 3.33. The third-order valence-corrected chi connectivity index (χ3v) is 3.68. The van der Waals surface area contributed by atoms with E-state index < -0.39 is 0 Å². The molecular weight excluding hydrogens is 295 g/mol. The standard InChI is InChI=1S/C18H21FN2O2/c1-12(13(2)20)18(22)21-15-7-9-16(10-8-15)23-11-14-5-3-4-6-17(14)19/h3-10,12-13H,11,20H2,1-2H3,(H,21,22). The van der Waals surface area contributed by atoms with E-state index in [4.69, 9.17) is 10.5 Å². The smallest absolute Gasteiger partial charge is 0.228 e. The zero-order valence-corrected chi connectivity index (χ0v) is 13.3. The van der Waals surface area contributed by atoms with E-state index in [1.54, 1.807) is 56.3 Å². The molecule has 0 aliphatic rings. The number of carbonyl (C=O) groups is 1. The van der Waals surface area contributed by atoms with Crippen molar-refractivity contribution in [1.82, 2.24) is 0 Å². The van der Waals surface area contributed by atoms with Gasteiger partial charge in [-0.1, -0.05) is 25.1 Å². The fraction of sp³-hybridized carbons (Fsp3) is 0.278. The van der Waals surface area contributed by atoms with Crippen LogP contribution in [0.25, 0.3) is 0 Å². The highest BCUT2D eigenvalue weighted by molar-refractivity contribution is 5.92. The van der Waals surface area contributed by atoms with E-state index in [1.165, 1.54) is 6.07 Å². The van der Waals surface area contributed by atoms with Gasteiger partial charge in [0.05, 0.1) is 5.92 Å². The Balaban J connectivity index is 1.92. The summed E-state index contributed by atoms with van der Waals surface area (Å²) in [6, 6.07) is 13.2. The minimum atomic E-state index is -0.290. The predicted molar refractivity (Wildman–Crippen MR) is 88.6 cm³/mol. The molecule has 1 amide bonds. The lowest BCUT2D eigenvalue weighted by atomic mass is 10.0. The Kier molecular flexibility index (Phi) is 5.71. The third-order valence-electron chi connectivity index (χ3n) is 3.68. The number of anilines is 1. The Morgan fingerprint density at radius 3 is 2.43 bits per heavy atom. The lowest BCUT2D eigenvalue weighted by Gasteiger charge is -2.15. The van der Waals surface area contributed by atoms with E-state index in [1.807, 2.05) is 0 Å². The summed E-state index contributed by atoms with van der Waals surface area (Å²) >= 11 is 0. The second-order valence-corrected chi connectivity index (χ2v) is 5.54. The van der Waals surface area contributed by atoms with E-state index in [2.05, 4.69) is 5.32 Å². The number of amides is 1. The van der Waals surface area contributed by atoms with Gasteiger partial charge >= 0.3 is 0 Å². The molecule has 0 radical (unpaired) electrons. The van der Waals surface area contributed by atoms with Gasteiger partial charge in [0.2, 0.25) is 5.91 Å². The van der Waals surface area contributed by atoms with Crippen LogP contribution in [0.5, 0.6) is 5.75 Å². The zero-order chi connectivity index (χ0) is 16.8. The van der Waals surface area contributed by atoms with Crippen LogP contribution >= 0.6 is 0 Å². The molecule has 2 aromatic carbocycles. The summed E-state index contributed by atoms with van der Waals surface area (Å²) in [5.74, 6) is -0.0835. The summed E-state index contributed by atoms with van der Waals surface area (Å²) in [7, 11) is 0. The van der Waals surface area contributed by atoms with Gasteiger partial charge in [-0.15, -0.1) is 0 Å². The van der Waals surface area contributed by atoms with Crippen LogP contribution < -0.4 is 15.8 Å². The van der Waals surface area contributed by atoms with Crippen LogP contribution in [-0.4, -0.2) is 11.9 Å². The van der Waals surface area contributed by atoms with E-state index in [-0.39, 0.29) is 30.3 Å². The molecule has 4 nitrogen and oxygen atoms in total. The van der Waals surface area contributed by atoms with Crippen molar-refractivity contribution in [1.29, 1.82) is 0 Å². The first-order valence-corrected chi connectivity index (χ1v) is 7.50. The molecule has 0 saturated carbocycles. The maximum Gasteiger partial charge on any atom is 0.228 e. The number of rotatable bonds is 6. The second-order valence-electron chi connectivity index (χ2n) is 5.54. The van der Waals surface area contributed by atoms with Crippen molar-refractivity contribution >= 4 is 11.6 Å². The van der Waals surface area contributed by atoms with Crippen molar-refractivity contribution < 1.29 is 13.9 Å². The molecule has 0 bridgehead atoms. The Labute approximate surface area is 135 Å². The zero-order valence-electron chi connectivity index (χ0n) is 13.3. The summed E-state index contributed by atoms with van der Waals surface area (Å²) < 4.78 is 19.0. The average Bonchev–Trinajstić information content (AvgIpc) is 2.54. The Morgan fingerprint density at radius 1 is 1.17 bits per heavy atom. The average molecular weight is 316 g/mol. The van der Waals surface area contributed by atoms with Gasteiger partial charge in [-0.3, -0.25) is 4.79 Å². The van der Waals surface area contributed by atoms with Gasteiger partial charge in [0.25, 0.3) is 0 Å². The van der Waals surface area contributed by atoms with Crippen LogP contribution in [0.1, 0.15) is 19.4 Å². The van der Waals surface area contributed by atoms with Gasteiger partial charge in [-0.05, 0) is 37.3 Å². The lowest BCUT2D eigenvalue weighted by molar-refractivity contribution is -0.119. The fourth-order valence-corrected chi connectivity index (χ4v) is 1.91. The molecule has 23 heavy (non-hydrogen) atoms. The third kappa shape index (κ3) is 4.79. The number of benzene rings is 2. The minimum Gasteiger partial charge on any atom is -0.489 e. The quantitative estimate of drug-likeness (QED) is 0.859. The van der Waals surface area contributed by atoms with E-state index in [9.17, 15) is 9.18 Å². The Morgan fingerprint density at radius 2 is 1.83 bits per heavy atom. The molecular formula is C18H21FN2O2. The van der Waals surface area contributed by atoms with Crippen molar-refractivity contribution in [2.24, 2.45) is 11.7 Å². The van der Waals surface area contributed by atoms with Gasteiger partial charge in [0.1, 0.15) is 18.2 Å². The van der Waals surface area contributed by atoms with Crippen molar-refractivity contribution in [3.63, 3.8) is 0 Å². The molecule has 0 heterocycles. The first kappa shape index (κ1) is 17.0. The summed E-state index contributed by atoms with van der Waals surface area (Å²) in [5.41, 5.74) is 6.87. The summed E-state index contributed by atoms with van der Waals surface area (Å²) in [6.45, 7) is 3.73. The number of hydrogen-bond acceptors (Lipinski definition) is 3. The second kappa shape index (κ2) is 7.74. The van der Waals surface area contributed by atoms with E-state index >= 15 is 0 Å². The molecule has 2 rings (SSSR count). The van der Waals surface area contributed by atoms with Crippen molar-refractivity contribution in [3.8, 4) is 5.75 Å². The molecule has 122 valence electrons. The van der Waals surface area contributed by atoms with Crippen LogP contribution in [0, 0.1) is 11.7 Å². The van der Waals surface area contributed by atoms with Crippen LogP contribution in [0.4, 0.5) is 10.1 Å². The van der Waals surface area contributed by atoms with Gasteiger partial charge < -0.3 is 15.8 Å². The molecule has 2 aromatic rings. The Bertz CT molecular complexity index is 656. The highest BCUT2D eigenvalue weighted by Crippen LogP contribution is 2.18. The molecule has 2 atom stereocenters. The normalized spacial score (nSPS) is 13.2. The van der Waals surface area contributed by atoms with Crippen LogP contribution in [0.2, 0.25) is 0 Å². The van der Waals surface area contributed by atoms with Gasteiger partial charge in [0, 0.05) is 17.3 Å². The van der Waals surface area contributed by atoms with Gasteiger partial charge in [0.15, 0.2) is 0 Å². The largest absolute Gasteiger partial charge is 0.489 e. The van der Waals surface area contributed by atoms with Crippen LogP contribution in [-0.2, 0) is 11.4 Å². The Hall–Kier alpha value is -2.40. The van der Waals surface area contributed by atoms with Crippen molar-refractivity contribution in [2.75, 3.05) is 5.32 Å². The topological polar surface area (TPSA) is 64.4 Å². The first-order chi connectivity index (χ1) is 11.0. The number of halogens is 1. The molecule has 2 unspecified atom stereocenters. The van der Waals surface area contributed by atoms with Gasteiger partial charge in [-0.25, -0.2) is 4.39 Å². The molecule has 0 aliphatic carbocycles. The van der Waals surface area contributed by atoms with Crippen molar-refractivity contribution in [2.45, 2.75) is 26.5 Å². The van der Waals surface area contributed by atoms with E-state index in [0.29, 0.717) is 17.0 Å². The van der Waals surface area contributed by atoms with Crippen LogP contribution in [0.3, 0.4) is 0 Å². The molecule has 0 aromatic heterocycles. The number of ether oxygens (including phenoxy) is 1. The molecule has 0 fully saturated rings. The molecule has 0 aliphatic heterocycles. The fourth-order valence-electron chi connectivity index (χ4n) is 1.91. The first-order valence-electron chi connectivity index (χ1n) is 7.50. The molecule has 0 spiro atoms. The molecule has 0 saturated heterocycles. The number of nitrogens with one attached hydrogen (secondary N) is 1. The SMILES string of the molecule is CC(N)C(C)C(=O)Nc1ccc(OCc2ccccc2F)cc1. The number of carbonyl (C=O) groups excluding carboxylic acids is 1. The summed E-state index contributed by atoms with van der Waals surface area (Å²) in [4.78, 5) is 11.9. The highest BCUT2D eigenvalue weighted by Gasteiger charge is 2.16. The monoisotopic (exact) mass is 316 g/mol. The number of hydrogen-bond donors (Lipinski definition) is 2.